The monoisotopic (exact) mass is 816 g/mol. The predicted molar refractivity (Wildman–Crippen MR) is 247 cm³/mol. The van der Waals surface area contributed by atoms with Crippen molar-refractivity contribution in [3.63, 3.8) is 0 Å². The van der Waals surface area contributed by atoms with Gasteiger partial charge in [-0.1, -0.05) is 42.8 Å². The Bertz CT molecular complexity index is 3290. The van der Waals surface area contributed by atoms with Crippen molar-refractivity contribution in [3.8, 4) is 22.8 Å². The minimum atomic E-state index is 0.568. The number of anilines is 2. The van der Waals surface area contributed by atoms with Crippen LogP contribution in [0, 0.1) is 0 Å². The zero-order valence-corrected chi connectivity index (χ0v) is 34.1. The Morgan fingerprint density at radius 2 is 1.06 bits per heavy atom. The number of pyridine rings is 4. The second-order valence-electron chi connectivity index (χ2n) is 16.4. The van der Waals surface area contributed by atoms with Crippen LogP contribution in [0.3, 0.4) is 0 Å². The van der Waals surface area contributed by atoms with Gasteiger partial charge in [-0.15, -0.1) is 0 Å². The zero-order chi connectivity index (χ0) is 41.0. The van der Waals surface area contributed by atoms with Crippen LogP contribution in [0.2, 0.25) is 0 Å². The Balaban J connectivity index is 0.000000133. The highest BCUT2D eigenvalue weighted by Crippen LogP contribution is 2.43. The van der Waals surface area contributed by atoms with Crippen molar-refractivity contribution in [1.29, 1.82) is 0 Å². The minimum absolute atomic E-state index is 0.568. The SMILES string of the molecule is c1ccc2c(c1)[nH]c1nccc(-c3nc(N4CCNCC4)c4c(C5CCC5)cncc4n3)c12.c1ccc2c(c1)[nH]c1nccc(-c3nc(N4CCNCC4)c4ccncc4n3)c12. The van der Waals surface area contributed by atoms with Crippen LogP contribution in [0.4, 0.5) is 11.6 Å². The molecule has 0 spiro atoms. The first-order valence-corrected chi connectivity index (χ1v) is 21.7. The van der Waals surface area contributed by atoms with E-state index in [-0.39, 0.29) is 0 Å². The summed E-state index contributed by atoms with van der Waals surface area (Å²) in [6.07, 6.45) is 15.0. The quantitative estimate of drug-likeness (QED) is 0.135. The fraction of sp³-hybridized carbons (Fsp3) is 0.250. The van der Waals surface area contributed by atoms with Crippen molar-refractivity contribution in [3.05, 3.63) is 109 Å². The molecule has 1 aliphatic carbocycles. The number of piperazine rings is 2. The maximum atomic E-state index is 5.25. The van der Waals surface area contributed by atoms with Crippen LogP contribution in [0.1, 0.15) is 30.7 Å². The van der Waals surface area contributed by atoms with Crippen LogP contribution in [-0.2, 0) is 0 Å². The third-order valence-corrected chi connectivity index (χ3v) is 12.8. The number of aromatic nitrogens is 10. The molecule has 2 aliphatic heterocycles. The lowest BCUT2D eigenvalue weighted by molar-refractivity contribution is 0.421. The first-order chi connectivity index (χ1) is 30.7. The summed E-state index contributed by atoms with van der Waals surface area (Å²) in [6, 6.07) is 22.6. The van der Waals surface area contributed by atoms with Gasteiger partial charge >= 0.3 is 0 Å². The summed E-state index contributed by atoms with van der Waals surface area (Å²) in [7, 11) is 0. The van der Waals surface area contributed by atoms with Gasteiger partial charge < -0.3 is 30.4 Å². The van der Waals surface area contributed by atoms with Gasteiger partial charge in [0.2, 0.25) is 0 Å². The van der Waals surface area contributed by atoms with Gasteiger partial charge in [-0.2, -0.15) is 0 Å². The molecule has 0 amide bonds. The highest BCUT2D eigenvalue weighted by molar-refractivity contribution is 6.13. The maximum Gasteiger partial charge on any atom is 0.163 e. The van der Waals surface area contributed by atoms with E-state index in [0.29, 0.717) is 11.7 Å². The number of rotatable bonds is 5. The Labute approximate surface area is 356 Å². The third kappa shape index (κ3) is 6.32. The molecule has 3 fully saturated rings. The molecule has 0 atom stereocenters. The van der Waals surface area contributed by atoms with E-state index < -0.39 is 0 Å². The molecule has 4 N–H and O–H groups in total. The zero-order valence-electron chi connectivity index (χ0n) is 34.1. The van der Waals surface area contributed by atoms with Crippen LogP contribution in [0.15, 0.2) is 104 Å². The smallest absolute Gasteiger partial charge is 0.163 e. The van der Waals surface area contributed by atoms with Gasteiger partial charge in [-0.25, -0.2) is 29.9 Å². The largest absolute Gasteiger partial charge is 0.353 e. The Kier molecular flexibility index (Phi) is 9.10. The van der Waals surface area contributed by atoms with Gasteiger partial charge in [-0.3, -0.25) is 9.97 Å². The Morgan fingerprint density at radius 3 is 1.68 bits per heavy atom. The summed E-state index contributed by atoms with van der Waals surface area (Å²) in [6.45, 7) is 7.56. The van der Waals surface area contributed by atoms with E-state index in [1.807, 2.05) is 67.4 Å². The van der Waals surface area contributed by atoms with Gasteiger partial charge in [0.25, 0.3) is 0 Å². The van der Waals surface area contributed by atoms with Gasteiger partial charge in [0.15, 0.2) is 11.6 Å². The Morgan fingerprint density at radius 1 is 0.500 bits per heavy atom. The predicted octanol–water partition coefficient (Wildman–Crippen LogP) is 7.53. The number of hydrogen-bond donors (Lipinski definition) is 4. The van der Waals surface area contributed by atoms with Crippen molar-refractivity contribution >= 4 is 77.3 Å². The molecule has 10 heterocycles. The average Bonchev–Trinajstić information content (AvgIpc) is 3.90. The number of nitrogens with zero attached hydrogens (tertiary/aromatic N) is 10. The molecular weight excluding hydrogens is 773 g/mol. The second-order valence-corrected chi connectivity index (χ2v) is 16.4. The maximum absolute atomic E-state index is 5.25. The topological polar surface area (TPSA) is 165 Å². The van der Waals surface area contributed by atoms with Crippen molar-refractivity contribution in [2.24, 2.45) is 0 Å². The van der Waals surface area contributed by atoms with Crippen molar-refractivity contribution in [2.75, 3.05) is 62.2 Å². The van der Waals surface area contributed by atoms with Crippen LogP contribution in [-0.4, -0.2) is 102 Å². The second kappa shape index (κ2) is 15.4. The lowest BCUT2D eigenvalue weighted by Gasteiger charge is -2.32. The lowest BCUT2D eigenvalue weighted by Crippen LogP contribution is -2.44. The molecule has 13 rings (SSSR count). The van der Waals surface area contributed by atoms with Crippen LogP contribution >= 0.6 is 0 Å². The number of benzene rings is 2. The van der Waals surface area contributed by atoms with E-state index in [0.717, 1.165) is 141 Å². The molecule has 8 aromatic heterocycles. The molecule has 2 aromatic carbocycles. The standard InChI is InChI=1S/C26H25N7.C22H19N7/c1-2-7-20-17(6-1)22-18(8-9-29-25(22)30-20)24-31-21-15-28-14-19(16-4-3-5-16)23(21)26(32-24)33-12-10-27-11-13-33;1-2-4-17-14(3-1)19-16(6-8-25-21(19)26-17)20-27-18-13-24-7-5-15(18)22(28-20)29-11-9-23-10-12-29/h1-2,6-9,14-16,27H,3-5,10-13H2,(H,29,30);1-8,13,23H,9-12H2,(H,25,26). The van der Waals surface area contributed by atoms with Crippen molar-refractivity contribution < 1.29 is 0 Å². The van der Waals surface area contributed by atoms with Gasteiger partial charge in [0.1, 0.15) is 22.9 Å². The third-order valence-electron chi connectivity index (χ3n) is 12.8. The molecule has 14 nitrogen and oxygen atoms in total. The summed E-state index contributed by atoms with van der Waals surface area (Å²) >= 11 is 0. The fourth-order valence-electron chi connectivity index (χ4n) is 9.45. The van der Waals surface area contributed by atoms with E-state index in [9.17, 15) is 0 Å². The summed E-state index contributed by atoms with van der Waals surface area (Å²) in [5.74, 6) is 4.03. The van der Waals surface area contributed by atoms with Gasteiger partial charge in [0.05, 0.1) is 23.4 Å². The van der Waals surface area contributed by atoms with Gasteiger partial charge in [0, 0.05) is 132 Å². The number of H-pyrrole nitrogens is 2. The molecule has 306 valence electrons. The summed E-state index contributed by atoms with van der Waals surface area (Å²) < 4.78 is 0. The Hall–Kier alpha value is -7.16. The van der Waals surface area contributed by atoms with E-state index in [1.54, 1.807) is 6.20 Å². The van der Waals surface area contributed by atoms with Crippen molar-refractivity contribution in [1.82, 2.24) is 60.5 Å². The minimum Gasteiger partial charge on any atom is -0.353 e. The molecule has 0 radical (unpaired) electrons. The number of nitrogens with one attached hydrogen (secondary N) is 4. The molecule has 62 heavy (non-hydrogen) atoms. The molecular formula is C48H44N14. The van der Waals surface area contributed by atoms with Crippen LogP contribution < -0.4 is 20.4 Å². The number of para-hydroxylation sites is 2. The number of hydrogen-bond acceptors (Lipinski definition) is 12. The average molecular weight is 817 g/mol. The first-order valence-electron chi connectivity index (χ1n) is 21.7. The summed E-state index contributed by atoms with van der Waals surface area (Å²) in [5, 5.41) is 13.5. The van der Waals surface area contributed by atoms with Crippen LogP contribution in [0.5, 0.6) is 0 Å². The molecule has 1 saturated carbocycles. The van der Waals surface area contributed by atoms with E-state index in [4.69, 9.17) is 19.9 Å². The molecule has 0 bridgehead atoms. The summed E-state index contributed by atoms with van der Waals surface area (Å²) in [5.41, 5.74) is 8.94. The normalized spacial score (nSPS) is 16.1. The van der Waals surface area contributed by atoms with E-state index >= 15 is 0 Å². The highest BCUT2D eigenvalue weighted by Gasteiger charge is 2.27. The fourth-order valence-corrected chi connectivity index (χ4v) is 9.45. The highest BCUT2D eigenvalue weighted by atomic mass is 15.2. The number of fused-ring (bicyclic) bond motifs is 8. The molecule has 0 unspecified atom stereocenters. The molecule has 2 saturated heterocycles. The van der Waals surface area contributed by atoms with Gasteiger partial charge in [-0.05, 0) is 54.7 Å². The first kappa shape index (κ1) is 36.7. The summed E-state index contributed by atoms with van der Waals surface area (Å²) in [4.78, 5) is 49.9. The molecule has 14 heteroatoms. The number of aromatic amines is 2. The molecule has 10 aromatic rings. The molecule has 3 aliphatic rings. The lowest BCUT2D eigenvalue weighted by atomic mass is 9.79. The van der Waals surface area contributed by atoms with Crippen molar-refractivity contribution in [2.45, 2.75) is 25.2 Å². The van der Waals surface area contributed by atoms with Crippen LogP contribution in [0.25, 0.3) is 88.5 Å². The van der Waals surface area contributed by atoms with E-state index in [2.05, 4.69) is 80.7 Å². The van der Waals surface area contributed by atoms with E-state index in [1.165, 1.54) is 30.2 Å².